The van der Waals surface area contributed by atoms with Crippen LogP contribution in [0, 0.1) is 0 Å². The van der Waals surface area contributed by atoms with E-state index in [0.717, 1.165) is 38.1 Å². The first kappa shape index (κ1) is 22.3. The molecule has 1 aromatic rings. The summed E-state index contributed by atoms with van der Waals surface area (Å²) in [4.78, 5) is 20.9. The number of hydrogen-bond acceptors (Lipinski definition) is 3. The molecule has 29 heavy (non-hydrogen) atoms. The Labute approximate surface area is 191 Å². The third-order valence-electron chi connectivity index (χ3n) is 6.15. The van der Waals surface area contributed by atoms with Crippen molar-refractivity contribution in [2.45, 2.75) is 63.7 Å². The maximum Gasteiger partial charge on any atom is 0.222 e. The van der Waals surface area contributed by atoms with Gasteiger partial charge in [-0.25, -0.2) is 0 Å². The number of amides is 1. The van der Waals surface area contributed by atoms with Crippen LogP contribution in [0.2, 0.25) is 0 Å². The Hall–Kier alpha value is -1.35. The lowest BCUT2D eigenvalue weighted by molar-refractivity contribution is -0.128. The third-order valence-corrected chi connectivity index (χ3v) is 6.15. The topological polar surface area (TPSA) is 60.0 Å². The number of halogens is 1. The summed E-state index contributed by atoms with van der Waals surface area (Å²) >= 11 is 0. The van der Waals surface area contributed by atoms with Crippen LogP contribution in [0.15, 0.2) is 29.3 Å². The SMILES string of the molecule is CN=C(NCc1cccc(CN2CCCC2=O)c1)NC1CCN(C2CC2)CC1.I. The maximum absolute atomic E-state index is 11.9. The zero-order valence-electron chi connectivity index (χ0n) is 17.4. The Morgan fingerprint density at radius 3 is 2.55 bits per heavy atom. The summed E-state index contributed by atoms with van der Waals surface area (Å²) in [5.41, 5.74) is 2.42. The molecule has 2 saturated heterocycles. The molecule has 0 aromatic heterocycles. The van der Waals surface area contributed by atoms with E-state index in [2.05, 4.69) is 44.8 Å². The van der Waals surface area contributed by atoms with E-state index in [1.165, 1.54) is 49.9 Å². The summed E-state index contributed by atoms with van der Waals surface area (Å²) in [5.74, 6) is 1.16. The van der Waals surface area contributed by atoms with Crippen molar-refractivity contribution in [2.75, 3.05) is 26.7 Å². The Morgan fingerprint density at radius 2 is 1.90 bits per heavy atom. The van der Waals surface area contributed by atoms with E-state index in [1.807, 2.05) is 11.9 Å². The van der Waals surface area contributed by atoms with E-state index in [1.54, 1.807) is 0 Å². The van der Waals surface area contributed by atoms with Gasteiger partial charge in [-0.15, -0.1) is 24.0 Å². The van der Waals surface area contributed by atoms with Gasteiger partial charge in [-0.05, 0) is 43.2 Å². The number of nitrogens with zero attached hydrogens (tertiary/aromatic N) is 3. The molecular formula is C22H34IN5O. The minimum absolute atomic E-state index is 0. The predicted octanol–water partition coefficient (Wildman–Crippen LogP) is 2.72. The fraction of sp³-hybridized carbons (Fsp3) is 0.636. The maximum atomic E-state index is 11.9. The number of benzene rings is 1. The second-order valence-electron chi connectivity index (χ2n) is 8.35. The fourth-order valence-electron chi connectivity index (χ4n) is 4.35. The van der Waals surface area contributed by atoms with E-state index >= 15 is 0 Å². The van der Waals surface area contributed by atoms with Crippen LogP contribution >= 0.6 is 24.0 Å². The molecule has 0 atom stereocenters. The number of piperidine rings is 1. The summed E-state index contributed by atoms with van der Waals surface area (Å²) < 4.78 is 0. The van der Waals surface area contributed by atoms with Crippen molar-refractivity contribution in [3.8, 4) is 0 Å². The van der Waals surface area contributed by atoms with Crippen molar-refractivity contribution in [2.24, 2.45) is 4.99 Å². The molecule has 0 spiro atoms. The highest BCUT2D eigenvalue weighted by Crippen LogP contribution is 2.29. The summed E-state index contributed by atoms with van der Waals surface area (Å²) in [6.45, 7) is 4.76. The summed E-state index contributed by atoms with van der Waals surface area (Å²) in [5, 5.41) is 7.05. The zero-order chi connectivity index (χ0) is 19.3. The molecular weight excluding hydrogens is 477 g/mol. The molecule has 1 aliphatic carbocycles. The highest BCUT2D eigenvalue weighted by molar-refractivity contribution is 14.0. The van der Waals surface area contributed by atoms with E-state index in [9.17, 15) is 4.79 Å². The second-order valence-corrected chi connectivity index (χ2v) is 8.35. The van der Waals surface area contributed by atoms with Gasteiger partial charge in [-0.1, -0.05) is 24.3 Å². The number of aliphatic imine (C=N–C) groups is 1. The normalized spacial score (nSPS) is 21.2. The monoisotopic (exact) mass is 511 g/mol. The summed E-state index contributed by atoms with van der Waals surface area (Å²) in [6.07, 6.45) is 6.86. The molecule has 6 nitrogen and oxygen atoms in total. The average molecular weight is 511 g/mol. The summed E-state index contributed by atoms with van der Waals surface area (Å²) in [6, 6.07) is 9.89. The van der Waals surface area contributed by atoms with E-state index < -0.39 is 0 Å². The number of nitrogens with one attached hydrogen (secondary N) is 2. The lowest BCUT2D eigenvalue weighted by Crippen LogP contribution is -2.48. The molecule has 2 N–H and O–H groups in total. The highest BCUT2D eigenvalue weighted by Gasteiger charge is 2.31. The lowest BCUT2D eigenvalue weighted by atomic mass is 10.1. The number of hydrogen-bond donors (Lipinski definition) is 2. The van der Waals surface area contributed by atoms with Gasteiger partial charge in [0.2, 0.25) is 5.91 Å². The molecule has 1 saturated carbocycles. The fourth-order valence-corrected chi connectivity index (χ4v) is 4.35. The number of carbonyl (C=O) groups excluding carboxylic acids is 1. The van der Waals surface area contributed by atoms with Gasteiger partial charge in [0.05, 0.1) is 0 Å². The molecule has 3 fully saturated rings. The third kappa shape index (κ3) is 6.31. The van der Waals surface area contributed by atoms with E-state index in [0.29, 0.717) is 12.5 Å². The van der Waals surface area contributed by atoms with Crippen molar-refractivity contribution in [3.63, 3.8) is 0 Å². The minimum Gasteiger partial charge on any atom is -0.354 e. The van der Waals surface area contributed by atoms with Crippen LogP contribution in [-0.2, 0) is 17.9 Å². The minimum atomic E-state index is 0. The lowest BCUT2D eigenvalue weighted by Gasteiger charge is -2.33. The molecule has 2 aliphatic heterocycles. The van der Waals surface area contributed by atoms with Crippen molar-refractivity contribution in [3.05, 3.63) is 35.4 Å². The van der Waals surface area contributed by atoms with Gasteiger partial charge >= 0.3 is 0 Å². The van der Waals surface area contributed by atoms with Crippen LogP contribution in [0.25, 0.3) is 0 Å². The molecule has 7 heteroatoms. The number of carbonyl (C=O) groups is 1. The molecule has 1 aromatic carbocycles. The molecule has 3 aliphatic rings. The largest absolute Gasteiger partial charge is 0.354 e. The van der Waals surface area contributed by atoms with E-state index in [-0.39, 0.29) is 29.9 Å². The van der Waals surface area contributed by atoms with Crippen LogP contribution in [0.5, 0.6) is 0 Å². The Balaban J connectivity index is 0.00000240. The van der Waals surface area contributed by atoms with Gasteiger partial charge in [-0.2, -0.15) is 0 Å². The van der Waals surface area contributed by atoms with Crippen LogP contribution in [0.4, 0.5) is 0 Å². The molecule has 0 bridgehead atoms. The average Bonchev–Trinajstić information content (AvgIpc) is 3.49. The predicted molar refractivity (Wildman–Crippen MR) is 127 cm³/mol. The first-order valence-corrected chi connectivity index (χ1v) is 10.8. The second kappa shape index (κ2) is 10.6. The van der Waals surface area contributed by atoms with Gasteiger partial charge in [0.1, 0.15) is 0 Å². The van der Waals surface area contributed by atoms with Crippen molar-refractivity contribution >= 4 is 35.8 Å². The Kier molecular flexibility index (Phi) is 8.17. The van der Waals surface area contributed by atoms with Crippen LogP contribution in [0.3, 0.4) is 0 Å². The van der Waals surface area contributed by atoms with Gasteiger partial charge in [0.15, 0.2) is 5.96 Å². The summed E-state index contributed by atoms with van der Waals surface area (Å²) in [7, 11) is 1.84. The molecule has 0 radical (unpaired) electrons. The first-order chi connectivity index (χ1) is 13.7. The van der Waals surface area contributed by atoms with Crippen LogP contribution < -0.4 is 10.6 Å². The van der Waals surface area contributed by atoms with Crippen molar-refractivity contribution in [1.82, 2.24) is 20.4 Å². The van der Waals surface area contributed by atoms with Crippen molar-refractivity contribution in [1.29, 1.82) is 0 Å². The number of likely N-dealkylation sites (tertiary alicyclic amines) is 2. The molecule has 160 valence electrons. The first-order valence-electron chi connectivity index (χ1n) is 10.8. The van der Waals surface area contributed by atoms with Gasteiger partial charge in [0, 0.05) is 58.3 Å². The van der Waals surface area contributed by atoms with Crippen LogP contribution in [0.1, 0.15) is 49.7 Å². The smallest absolute Gasteiger partial charge is 0.222 e. The quantitative estimate of drug-likeness (QED) is 0.351. The standard InChI is InChI=1S/C22H33N5O.HI/c1-23-22(25-19-9-12-26(13-10-19)20-7-8-20)24-15-17-4-2-5-18(14-17)16-27-11-3-6-21(27)28;/h2,4-5,14,19-20H,3,6-13,15-16H2,1H3,(H2,23,24,25);1H. The van der Waals surface area contributed by atoms with Gasteiger partial charge in [0.25, 0.3) is 0 Å². The molecule has 1 amide bonds. The highest BCUT2D eigenvalue weighted by atomic mass is 127. The Morgan fingerprint density at radius 1 is 1.14 bits per heavy atom. The number of guanidine groups is 1. The van der Waals surface area contributed by atoms with E-state index in [4.69, 9.17) is 0 Å². The van der Waals surface area contributed by atoms with Crippen LogP contribution in [-0.4, -0.2) is 60.4 Å². The molecule has 0 unspecified atom stereocenters. The molecule has 4 rings (SSSR count). The number of rotatable bonds is 6. The zero-order valence-corrected chi connectivity index (χ0v) is 19.7. The molecule has 2 heterocycles. The van der Waals surface area contributed by atoms with Crippen molar-refractivity contribution < 1.29 is 4.79 Å². The van der Waals surface area contributed by atoms with Gasteiger partial charge < -0.3 is 20.4 Å². The Bertz CT molecular complexity index is 713. The van der Waals surface area contributed by atoms with Gasteiger partial charge in [-0.3, -0.25) is 9.79 Å².